The lowest BCUT2D eigenvalue weighted by Crippen LogP contribution is -2.60. The summed E-state index contributed by atoms with van der Waals surface area (Å²) in [6.07, 6.45) is -1.79. The number of rotatable bonds is 8. The van der Waals surface area contributed by atoms with Gasteiger partial charge in [-0.2, -0.15) is 0 Å². The van der Waals surface area contributed by atoms with Gasteiger partial charge >= 0.3 is 11.9 Å². The van der Waals surface area contributed by atoms with Gasteiger partial charge in [0.1, 0.15) is 0 Å². The van der Waals surface area contributed by atoms with Gasteiger partial charge in [0.15, 0.2) is 11.9 Å². The van der Waals surface area contributed by atoms with Crippen LogP contribution in [0.15, 0.2) is 0 Å². The van der Waals surface area contributed by atoms with Crippen LogP contribution >= 0.6 is 45.2 Å². The maximum absolute atomic E-state index is 11.8. The van der Waals surface area contributed by atoms with E-state index in [2.05, 4.69) is 22.6 Å². The largest absolute Gasteiger partial charge is 0.479 e. The van der Waals surface area contributed by atoms with Gasteiger partial charge in [0.05, 0.1) is 3.92 Å². The van der Waals surface area contributed by atoms with E-state index in [4.69, 9.17) is 10.2 Å². The van der Waals surface area contributed by atoms with Crippen LogP contribution in [0.4, 0.5) is 0 Å². The predicted molar refractivity (Wildman–Crippen MR) is 77.2 cm³/mol. The summed E-state index contributed by atoms with van der Waals surface area (Å²) >= 11 is 3.69. The Kier molecular flexibility index (Phi) is 7.54. The lowest BCUT2D eigenvalue weighted by molar-refractivity contribution is -0.186. The summed E-state index contributed by atoms with van der Waals surface area (Å²) in [7, 11) is 0. The van der Waals surface area contributed by atoms with E-state index in [9.17, 15) is 24.6 Å². The lowest BCUT2D eigenvalue weighted by atomic mass is 9.88. The third-order valence-corrected chi connectivity index (χ3v) is 4.16. The molecule has 9 heteroatoms. The molecule has 0 amide bonds. The summed E-state index contributed by atoms with van der Waals surface area (Å²) in [4.78, 5) is 33.2. The van der Waals surface area contributed by atoms with Crippen LogP contribution in [-0.4, -0.2) is 58.2 Å². The zero-order chi connectivity index (χ0) is 14.5. The van der Waals surface area contributed by atoms with E-state index in [1.54, 1.807) is 22.6 Å². The van der Waals surface area contributed by atoms with Gasteiger partial charge in [-0.3, -0.25) is 4.79 Å². The first kappa shape index (κ1) is 18.0. The SMILES string of the molecule is O=C(O)C(O)C(O)(C(=O)O)C(=O)C(I)CCCI. The van der Waals surface area contributed by atoms with Gasteiger partial charge in [-0.25, -0.2) is 9.59 Å². The highest BCUT2D eigenvalue weighted by Crippen LogP contribution is 2.22. The minimum atomic E-state index is -3.32. The molecule has 18 heavy (non-hydrogen) atoms. The zero-order valence-corrected chi connectivity index (χ0v) is 13.4. The van der Waals surface area contributed by atoms with Gasteiger partial charge in [-0.05, 0) is 17.3 Å². The Bertz CT molecular complexity index is 346. The molecule has 0 heterocycles. The fourth-order valence-corrected chi connectivity index (χ4v) is 2.52. The van der Waals surface area contributed by atoms with Crippen molar-refractivity contribution in [1.29, 1.82) is 0 Å². The topological polar surface area (TPSA) is 132 Å². The Hall–Kier alpha value is -0.0100. The van der Waals surface area contributed by atoms with E-state index < -0.39 is 33.4 Å². The standard InChI is InChI=1S/C9H12I2O7/c10-3-1-2-4(11)5(12)9(18,8(16)17)6(13)7(14)15/h4,6,13,18H,1-3H2,(H,14,15)(H,16,17). The summed E-state index contributed by atoms with van der Waals surface area (Å²) in [6.45, 7) is 0. The average Bonchev–Trinajstić information content (AvgIpc) is 2.32. The summed E-state index contributed by atoms with van der Waals surface area (Å²) in [6, 6.07) is 0. The maximum Gasteiger partial charge on any atom is 0.347 e. The first-order valence-electron chi connectivity index (χ1n) is 4.80. The number of carboxylic acids is 2. The molecule has 0 spiro atoms. The second-order valence-electron chi connectivity index (χ2n) is 3.48. The van der Waals surface area contributed by atoms with Crippen molar-refractivity contribution >= 4 is 62.9 Å². The number of halogens is 2. The van der Waals surface area contributed by atoms with E-state index >= 15 is 0 Å². The molecule has 0 bridgehead atoms. The third-order valence-electron chi connectivity index (χ3n) is 2.21. The smallest absolute Gasteiger partial charge is 0.347 e. The monoisotopic (exact) mass is 486 g/mol. The fraction of sp³-hybridized carbons (Fsp3) is 0.667. The van der Waals surface area contributed by atoms with E-state index in [1.165, 1.54) is 0 Å². The second-order valence-corrected chi connectivity index (χ2v) is 6.06. The first-order chi connectivity index (χ1) is 8.19. The normalized spacial score (nSPS) is 17.6. The average molecular weight is 486 g/mol. The number of hydrogen-bond acceptors (Lipinski definition) is 5. The predicted octanol–water partition coefficient (Wildman–Crippen LogP) is -0.164. The highest BCUT2D eigenvalue weighted by atomic mass is 127. The Morgan fingerprint density at radius 2 is 1.72 bits per heavy atom. The number of alkyl halides is 2. The van der Waals surface area contributed by atoms with Crippen molar-refractivity contribution in [3.63, 3.8) is 0 Å². The minimum absolute atomic E-state index is 0.296. The van der Waals surface area contributed by atoms with Crippen LogP contribution in [0.25, 0.3) is 0 Å². The van der Waals surface area contributed by atoms with E-state index in [-0.39, 0.29) is 0 Å². The first-order valence-corrected chi connectivity index (χ1v) is 7.57. The molecule has 3 unspecified atom stereocenters. The third kappa shape index (κ3) is 3.99. The Morgan fingerprint density at radius 3 is 2.06 bits per heavy atom. The van der Waals surface area contributed by atoms with Crippen molar-refractivity contribution in [3.8, 4) is 0 Å². The molecule has 0 aliphatic heterocycles. The number of aliphatic hydroxyl groups excluding tert-OH is 1. The van der Waals surface area contributed by atoms with Gasteiger partial charge in [-0.1, -0.05) is 45.2 Å². The van der Waals surface area contributed by atoms with E-state index in [0.29, 0.717) is 12.8 Å². The zero-order valence-electron chi connectivity index (χ0n) is 9.05. The number of carbonyl (C=O) groups is 3. The highest BCUT2D eigenvalue weighted by molar-refractivity contribution is 14.1. The summed E-state index contributed by atoms with van der Waals surface area (Å²) in [5.41, 5.74) is -3.32. The van der Waals surface area contributed by atoms with Crippen LogP contribution in [0.3, 0.4) is 0 Å². The molecule has 0 aromatic carbocycles. The highest BCUT2D eigenvalue weighted by Gasteiger charge is 2.55. The van der Waals surface area contributed by atoms with Crippen molar-refractivity contribution in [2.45, 2.75) is 28.5 Å². The molecule has 0 aliphatic carbocycles. The van der Waals surface area contributed by atoms with Crippen molar-refractivity contribution in [2.24, 2.45) is 0 Å². The molecule has 4 N–H and O–H groups in total. The maximum atomic E-state index is 11.8. The van der Waals surface area contributed by atoms with Crippen LogP contribution < -0.4 is 0 Å². The number of carbonyl (C=O) groups excluding carboxylic acids is 1. The van der Waals surface area contributed by atoms with Crippen LogP contribution in [0.5, 0.6) is 0 Å². The Morgan fingerprint density at radius 1 is 1.22 bits per heavy atom. The molecule has 0 aromatic rings. The number of hydrogen-bond donors (Lipinski definition) is 4. The van der Waals surface area contributed by atoms with Gasteiger partial charge in [0.25, 0.3) is 5.60 Å². The van der Waals surface area contributed by atoms with E-state index in [1.807, 2.05) is 0 Å². The molecule has 0 fully saturated rings. The summed E-state index contributed by atoms with van der Waals surface area (Å²) in [5.74, 6) is -5.25. The van der Waals surface area contributed by atoms with Gasteiger partial charge in [0.2, 0.25) is 0 Å². The fourth-order valence-electron chi connectivity index (χ4n) is 1.16. The molecular formula is C9H12I2O7. The van der Waals surface area contributed by atoms with Gasteiger partial charge < -0.3 is 20.4 Å². The van der Waals surface area contributed by atoms with Crippen molar-refractivity contribution in [1.82, 2.24) is 0 Å². The molecule has 0 radical (unpaired) electrons. The Balaban J connectivity index is 5.17. The summed E-state index contributed by atoms with van der Waals surface area (Å²) in [5, 5.41) is 36.2. The van der Waals surface area contributed by atoms with Gasteiger partial charge in [-0.15, -0.1) is 0 Å². The van der Waals surface area contributed by atoms with Crippen LogP contribution in [0, 0.1) is 0 Å². The molecular weight excluding hydrogens is 474 g/mol. The van der Waals surface area contributed by atoms with Crippen LogP contribution in [0.2, 0.25) is 0 Å². The number of Topliss-reactive ketones (excluding diaryl/α,β-unsaturated/α-hetero) is 1. The van der Waals surface area contributed by atoms with Gasteiger partial charge in [0, 0.05) is 0 Å². The minimum Gasteiger partial charge on any atom is -0.479 e. The molecule has 0 aromatic heterocycles. The molecule has 104 valence electrons. The quantitative estimate of drug-likeness (QED) is 0.213. The Labute approximate surface area is 130 Å². The number of aliphatic hydroxyl groups is 2. The van der Waals surface area contributed by atoms with Crippen molar-refractivity contribution in [2.75, 3.05) is 4.43 Å². The van der Waals surface area contributed by atoms with Crippen LogP contribution in [0.1, 0.15) is 12.8 Å². The number of aliphatic carboxylic acids is 2. The molecule has 3 atom stereocenters. The van der Waals surface area contributed by atoms with E-state index in [0.717, 1.165) is 4.43 Å². The molecule has 0 aliphatic rings. The second kappa shape index (κ2) is 7.55. The summed E-state index contributed by atoms with van der Waals surface area (Å²) < 4.78 is -0.148. The molecule has 0 saturated heterocycles. The molecule has 0 saturated carbocycles. The molecule has 0 rings (SSSR count). The number of ketones is 1. The molecule has 7 nitrogen and oxygen atoms in total. The number of carboxylic acid groups (broad SMARTS) is 2. The van der Waals surface area contributed by atoms with Crippen LogP contribution in [-0.2, 0) is 14.4 Å². The van der Waals surface area contributed by atoms with Crippen molar-refractivity contribution < 1.29 is 34.8 Å². The lowest BCUT2D eigenvalue weighted by Gasteiger charge is -2.26. The van der Waals surface area contributed by atoms with Crippen molar-refractivity contribution in [3.05, 3.63) is 0 Å².